The van der Waals surface area contributed by atoms with Crippen LogP contribution in [0.5, 0.6) is 0 Å². The van der Waals surface area contributed by atoms with Crippen LogP contribution in [-0.2, 0) is 0 Å². The number of benzene rings is 1. The van der Waals surface area contributed by atoms with Crippen LogP contribution in [-0.4, -0.2) is 38.9 Å². The molecule has 5 heteroatoms. The van der Waals surface area contributed by atoms with Gasteiger partial charge in [0.2, 0.25) is 0 Å². The highest BCUT2D eigenvalue weighted by molar-refractivity contribution is 5.94. The van der Waals surface area contributed by atoms with Gasteiger partial charge in [0.05, 0.1) is 18.4 Å². The second kappa shape index (κ2) is 5.68. The van der Waals surface area contributed by atoms with Crippen molar-refractivity contribution in [3.63, 3.8) is 0 Å². The van der Waals surface area contributed by atoms with Gasteiger partial charge in [-0.25, -0.2) is 0 Å². The Hall–Kier alpha value is -2.17. The van der Waals surface area contributed by atoms with E-state index < -0.39 is 0 Å². The number of nitrogens with zero attached hydrogens (tertiary/aromatic N) is 4. The summed E-state index contributed by atoms with van der Waals surface area (Å²) in [6, 6.07) is 6.23. The lowest BCUT2D eigenvalue weighted by molar-refractivity contribution is 0.0683. The molecule has 110 valence electrons. The van der Waals surface area contributed by atoms with Crippen LogP contribution in [0.3, 0.4) is 0 Å². The zero-order valence-electron chi connectivity index (χ0n) is 12.5. The fraction of sp³-hybridized carbons (Fsp3) is 0.438. The maximum absolute atomic E-state index is 12.5. The van der Waals surface area contributed by atoms with Crippen molar-refractivity contribution < 1.29 is 4.79 Å². The SMILES string of the molecule is Cc1ccc(C(=O)N2CCC(n3nccn3)CC2)cc1C. The predicted octanol–water partition coefficient (Wildman–Crippen LogP) is 2.37. The first-order valence-electron chi connectivity index (χ1n) is 7.37. The summed E-state index contributed by atoms with van der Waals surface area (Å²) in [7, 11) is 0. The van der Waals surface area contributed by atoms with Crippen molar-refractivity contribution in [2.45, 2.75) is 32.7 Å². The summed E-state index contributed by atoms with van der Waals surface area (Å²) < 4.78 is 0. The van der Waals surface area contributed by atoms with E-state index in [-0.39, 0.29) is 5.91 Å². The van der Waals surface area contributed by atoms with Gasteiger partial charge in [0, 0.05) is 18.7 Å². The highest BCUT2D eigenvalue weighted by Crippen LogP contribution is 2.22. The third-order valence-corrected chi connectivity index (χ3v) is 4.27. The minimum atomic E-state index is 0.130. The van der Waals surface area contributed by atoms with Gasteiger partial charge in [-0.05, 0) is 49.9 Å². The normalized spacial score (nSPS) is 16.2. The molecule has 1 aromatic carbocycles. The molecule has 1 aliphatic heterocycles. The Balaban J connectivity index is 1.66. The molecule has 0 spiro atoms. The molecule has 21 heavy (non-hydrogen) atoms. The van der Waals surface area contributed by atoms with Crippen LogP contribution in [0.1, 0.15) is 40.4 Å². The predicted molar refractivity (Wildman–Crippen MR) is 80.1 cm³/mol. The second-order valence-electron chi connectivity index (χ2n) is 5.67. The van der Waals surface area contributed by atoms with Gasteiger partial charge in [0.1, 0.15) is 0 Å². The number of aryl methyl sites for hydroxylation is 2. The summed E-state index contributed by atoms with van der Waals surface area (Å²) >= 11 is 0. The monoisotopic (exact) mass is 284 g/mol. The molecule has 2 aromatic rings. The van der Waals surface area contributed by atoms with Crippen LogP contribution in [0, 0.1) is 13.8 Å². The van der Waals surface area contributed by atoms with Gasteiger partial charge in [0.25, 0.3) is 5.91 Å². The van der Waals surface area contributed by atoms with Crippen LogP contribution >= 0.6 is 0 Å². The third-order valence-electron chi connectivity index (χ3n) is 4.27. The zero-order valence-corrected chi connectivity index (χ0v) is 12.5. The van der Waals surface area contributed by atoms with Gasteiger partial charge in [-0.15, -0.1) is 0 Å². The number of likely N-dealkylation sites (tertiary alicyclic amines) is 1. The fourth-order valence-corrected chi connectivity index (χ4v) is 2.77. The molecule has 2 heterocycles. The van der Waals surface area contributed by atoms with Crippen LogP contribution in [0.15, 0.2) is 30.6 Å². The Morgan fingerprint density at radius 3 is 2.38 bits per heavy atom. The summed E-state index contributed by atoms with van der Waals surface area (Å²) in [5.74, 6) is 0.130. The lowest BCUT2D eigenvalue weighted by Gasteiger charge is -2.31. The van der Waals surface area contributed by atoms with Crippen LogP contribution < -0.4 is 0 Å². The van der Waals surface area contributed by atoms with Crippen molar-refractivity contribution in [1.29, 1.82) is 0 Å². The highest BCUT2D eigenvalue weighted by atomic mass is 16.2. The maximum Gasteiger partial charge on any atom is 0.253 e. The standard InChI is InChI=1S/C16H20N4O/c1-12-3-4-14(11-13(12)2)16(21)19-9-5-15(6-10-19)20-17-7-8-18-20/h3-4,7-8,11,15H,5-6,9-10H2,1-2H3. The molecule has 0 unspecified atom stereocenters. The number of carbonyl (C=O) groups is 1. The number of hydrogen-bond acceptors (Lipinski definition) is 3. The van der Waals surface area contributed by atoms with Gasteiger partial charge in [-0.1, -0.05) is 6.07 Å². The van der Waals surface area contributed by atoms with Crippen molar-refractivity contribution >= 4 is 5.91 Å². The molecule has 1 saturated heterocycles. The van der Waals surface area contributed by atoms with Crippen LogP contribution in [0.2, 0.25) is 0 Å². The molecule has 1 aliphatic rings. The summed E-state index contributed by atoms with van der Waals surface area (Å²) in [5, 5.41) is 8.38. The summed E-state index contributed by atoms with van der Waals surface area (Å²) in [6.45, 7) is 5.63. The summed E-state index contributed by atoms with van der Waals surface area (Å²) in [4.78, 5) is 16.2. The molecule has 0 saturated carbocycles. The van der Waals surface area contributed by atoms with E-state index >= 15 is 0 Å². The molecule has 5 nitrogen and oxygen atoms in total. The van der Waals surface area contributed by atoms with E-state index in [9.17, 15) is 4.79 Å². The number of aromatic nitrogens is 3. The van der Waals surface area contributed by atoms with E-state index in [0.717, 1.165) is 37.1 Å². The molecular formula is C16H20N4O. The molecular weight excluding hydrogens is 264 g/mol. The van der Waals surface area contributed by atoms with E-state index in [1.165, 1.54) is 5.56 Å². The average molecular weight is 284 g/mol. The van der Waals surface area contributed by atoms with Gasteiger partial charge < -0.3 is 4.90 Å². The minimum Gasteiger partial charge on any atom is -0.338 e. The van der Waals surface area contributed by atoms with Crippen molar-refractivity contribution in [3.05, 3.63) is 47.3 Å². The fourth-order valence-electron chi connectivity index (χ4n) is 2.77. The minimum absolute atomic E-state index is 0.130. The van der Waals surface area contributed by atoms with Crippen molar-refractivity contribution in [2.75, 3.05) is 13.1 Å². The number of amides is 1. The van der Waals surface area contributed by atoms with Crippen molar-refractivity contribution in [2.24, 2.45) is 0 Å². The summed E-state index contributed by atoms with van der Waals surface area (Å²) in [5.41, 5.74) is 3.17. The molecule has 0 aliphatic carbocycles. The topological polar surface area (TPSA) is 51.0 Å². The Bertz CT molecular complexity index is 628. The molecule has 1 fully saturated rings. The van der Waals surface area contributed by atoms with E-state index in [1.54, 1.807) is 17.2 Å². The van der Waals surface area contributed by atoms with Gasteiger partial charge in [-0.3, -0.25) is 4.79 Å². The second-order valence-corrected chi connectivity index (χ2v) is 5.67. The molecule has 3 rings (SSSR count). The number of rotatable bonds is 2. The first-order chi connectivity index (χ1) is 10.1. The zero-order chi connectivity index (χ0) is 14.8. The third kappa shape index (κ3) is 2.82. The molecule has 0 radical (unpaired) electrons. The summed E-state index contributed by atoms with van der Waals surface area (Å²) in [6.07, 6.45) is 5.22. The van der Waals surface area contributed by atoms with E-state index in [2.05, 4.69) is 17.1 Å². The van der Waals surface area contributed by atoms with E-state index in [0.29, 0.717) is 6.04 Å². The Kier molecular flexibility index (Phi) is 3.73. The quantitative estimate of drug-likeness (QED) is 0.850. The number of hydrogen-bond donors (Lipinski definition) is 0. The van der Waals surface area contributed by atoms with E-state index in [4.69, 9.17) is 0 Å². The van der Waals surface area contributed by atoms with Gasteiger partial charge in [-0.2, -0.15) is 15.0 Å². The van der Waals surface area contributed by atoms with Crippen LogP contribution in [0.4, 0.5) is 0 Å². The lowest BCUT2D eigenvalue weighted by Crippen LogP contribution is -2.39. The smallest absolute Gasteiger partial charge is 0.253 e. The molecule has 1 amide bonds. The van der Waals surface area contributed by atoms with Crippen molar-refractivity contribution in [3.8, 4) is 0 Å². The van der Waals surface area contributed by atoms with Crippen molar-refractivity contribution in [1.82, 2.24) is 19.9 Å². The molecule has 1 aromatic heterocycles. The Morgan fingerprint density at radius 2 is 1.76 bits per heavy atom. The number of carbonyl (C=O) groups excluding carboxylic acids is 1. The average Bonchev–Trinajstić information content (AvgIpc) is 3.04. The van der Waals surface area contributed by atoms with E-state index in [1.807, 2.05) is 30.0 Å². The first kappa shape index (κ1) is 13.8. The lowest BCUT2D eigenvalue weighted by atomic mass is 10.0. The Labute approximate surface area is 124 Å². The van der Waals surface area contributed by atoms with Gasteiger partial charge in [0.15, 0.2) is 0 Å². The largest absolute Gasteiger partial charge is 0.338 e. The molecule has 0 atom stereocenters. The maximum atomic E-state index is 12.5. The molecule has 0 N–H and O–H groups in total. The van der Waals surface area contributed by atoms with Gasteiger partial charge >= 0.3 is 0 Å². The molecule has 0 bridgehead atoms. The van der Waals surface area contributed by atoms with Crippen LogP contribution in [0.25, 0.3) is 0 Å². The highest BCUT2D eigenvalue weighted by Gasteiger charge is 2.25. The number of piperidine rings is 1. The Morgan fingerprint density at radius 1 is 1.10 bits per heavy atom. The first-order valence-corrected chi connectivity index (χ1v) is 7.37.